The first-order chi connectivity index (χ1) is 10.6. The van der Waals surface area contributed by atoms with Crippen molar-refractivity contribution in [1.82, 2.24) is 15.2 Å². The smallest absolute Gasteiger partial charge is 0.409 e. The molecule has 7 nitrogen and oxygen atoms in total. The van der Waals surface area contributed by atoms with E-state index >= 15 is 0 Å². The topological polar surface area (TPSA) is 83.6 Å². The number of carbonyl (C=O) groups excluding carboxylic acids is 2. The molecular weight excluding hydrogens is 284 g/mol. The Hall–Kier alpha value is -2.31. The Bertz CT molecular complexity index is 510. The summed E-state index contributed by atoms with van der Waals surface area (Å²) in [5, 5.41) is 5.89. The van der Waals surface area contributed by atoms with E-state index in [2.05, 4.69) is 15.6 Å². The lowest BCUT2D eigenvalue weighted by atomic mass is 10.0. The molecule has 0 bridgehead atoms. The fourth-order valence-corrected chi connectivity index (χ4v) is 2.37. The van der Waals surface area contributed by atoms with Crippen LogP contribution in [0.25, 0.3) is 0 Å². The third kappa shape index (κ3) is 4.09. The lowest BCUT2D eigenvalue weighted by Crippen LogP contribution is -2.46. The highest BCUT2D eigenvalue weighted by Crippen LogP contribution is 2.12. The van der Waals surface area contributed by atoms with Crippen LogP contribution in [0.4, 0.5) is 10.6 Å². The fraction of sp³-hybridized carbons (Fsp3) is 0.533. The van der Waals surface area contributed by atoms with Gasteiger partial charge in [-0.2, -0.15) is 0 Å². The predicted molar refractivity (Wildman–Crippen MR) is 82.9 cm³/mol. The van der Waals surface area contributed by atoms with E-state index in [9.17, 15) is 9.59 Å². The van der Waals surface area contributed by atoms with E-state index < -0.39 is 0 Å². The highest BCUT2D eigenvalue weighted by Gasteiger charge is 2.24. The van der Waals surface area contributed by atoms with Crippen molar-refractivity contribution in [2.75, 3.05) is 32.1 Å². The molecule has 0 aromatic carbocycles. The summed E-state index contributed by atoms with van der Waals surface area (Å²) in [5.41, 5.74) is 0.534. The second kappa shape index (κ2) is 7.63. The van der Waals surface area contributed by atoms with Gasteiger partial charge in [-0.3, -0.25) is 4.79 Å². The van der Waals surface area contributed by atoms with Gasteiger partial charge >= 0.3 is 6.09 Å². The number of aromatic nitrogens is 1. The van der Waals surface area contributed by atoms with Gasteiger partial charge in [0.25, 0.3) is 5.91 Å². The minimum atomic E-state index is -0.279. The van der Waals surface area contributed by atoms with E-state index in [4.69, 9.17) is 4.74 Å². The molecule has 7 heteroatoms. The van der Waals surface area contributed by atoms with E-state index in [1.807, 2.05) is 0 Å². The Balaban J connectivity index is 1.82. The maximum atomic E-state index is 12.2. The summed E-state index contributed by atoms with van der Waals surface area (Å²) in [4.78, 5) is 29.6. The van der Waals surface area contributed by atoms with E-state index in [0.29, 0.717) is 25.3 Å². The van der Waals surface area contributed by atoms with Crippen LogP contribution in [0.5, 0.6) is 0 Å². The average molecular weight is 306 g/mol. The largest absolute Gasteiger partial charge is 0.450 e. The summed E-state index contributed by atoms with van der Waals surface area (Å²) in [7, 11) is 1.78. The molecule has 120 valence electrons. The zero-order chi connectivity index (χ0) is 15.9. The predicted octanol–water partition coefficient (Wildman–Crippen LogP) is 1.47. The van der Waals surface area contributed by atoms with Crippen LogP contribution in [0.3, 0.4) is 0 Å². The van der Waals surface area contributed by atoms with Crippen LogP contribution in [0.15, 0.2) is 18.3 Å². The number of likely N-dealkylation sites (tertiary alicyclic amines) is 1. The number of ether oxygens (including phenoxy) is 1. The highest BCUT2D eigenvalue weighted by molar-refractivity contribution is 5.94. The van der Waals surface area contributed by atoms with Gasteiger partial charge in [0.05, 0.1) is 12.2 Å². The van der Waals surface area contributed by atoms with Crippen LogP contribution in [0.1, 0.15) is 30.1 Å². The molecule has 1 fully saturated rings. The van der Waals surface area contributed by atoms with Crippen LogP contribution in [-0.2, 0) is 4.74 Å². The second-order valence-electron chi connectivity index (χ2n) is 5.12. The van der Waals surface area contributed by atoms with Gasteiger partial charge in [-0.05, 0) is 31.9 Å². The zero-order valence-corrected chi connectivity index (χ0v) is 13.0. The number of piperidine rings is 1. The van der Waals surface area contributed by atoms with Crippen molar-refractivity contribution in [3.63, 3.8) is 0 Å². The molecule has 2 heterocycles. The van der Waals surface area contributed by atoms with Gasteiger partial charge in [0.15, 0.2) is 0 Å². The van der Waals surface area contributed by atoms with Gasteiger partial charge in [0.2, 0.25) is 0 Å². The minimum Gasteiger partial charge on any atom is -0.450 e. The Labute approximate surface area is 130 Å². The second-order valence-corrected chi connectivity index (χ2v) is 5.12. The van der Waals surface area contributed by atoms with Crippen LogP contribution >= 0.6 is 0 Å². The number of amides is 2. The molecule has 2 rings (SSSR count). The average Bonchev–Trinajstić information content (AvgIpc) is 2.55. The quantitative estimate of drug-likeness (QED) is 0.880. The molecule has 0 saturated carbocycles. The zero-order valence-electron chi connectivity index (χ0n) is 13.0. The normalized spacial score (nSPS) is 15.3. The van der Waals surface area contributed by atoms with Crippen molar-refractivity contribution >= 4 is 17.8 Å². The number of nitrogens with zero attached hydrogens (tertiary/aromatic N) is 2. The van der Waals surface area contributed by atoms with Gasteiger partial charge in [-0.25, -0.2) is 9.78 Å². The van der Waals surface area contributed by atoms with Gasteiger partial charge in [-0.15, -0.1) is 0 Å². The standard InChI is InChI=1S/C15H22N4O3/c1-3-22-15(21)19-8-6-12(7-9-19)18-14(20)11-4-5-13(16-2)17-10-11/h4-5,10,12H,3,6-9H2,1-2H3,(H,16,17)(H,18,20). The number of nitrogens with one attached hydrogen (secondary N) is 2. The lowest BCUT2D eigenvalue weighted by molar-refractivity contribution is 0.0860. The van der Waals surface area contributed by atoms with E-state index in [-0.39, 0.29) is 18.0 Å². The maximum absolute atomic E-state index is 12.2. The first kappa shape index (κ1) is 16.1. The Morgan fingerprint density at radius 2 is 2.09 bits per heavy atom. The van der Waals surface area contributed by atoms with Crippen molar-refractivity contribution in [2.45, 2.75) is 25.8 Å². The summed E-state index contributed by atoms with van der Waals surface area (Å²) in [5.74, 6) is 0.587. The molecule has 0 spiro atoms. The number of rotatable bonds is 4. The number of pyridine rings is 1. The molecule has 0 radical (unpaired) electrons. The first-order valence-corrected chi connectivity index (χ1v) is 7.50. The highest BCUT2D eigenvalue weighted by atomic mass is 16.6. The maximum Gasteiger partial charge on any atom is 0.409 e. The van der Waals surface area contributed by atoms with Gasteiger partial charge in [-0.1, -0.05) is 0 Å². The molecule has 1 aliphatic heterocycles. The van der Waals surface area contributed by atoms with Crippen molar-refractivity contribution < 1.29 is 14.3 Å². The van der Waals surface area contributed by atoms with Crippen LogP contribution in [0.2, 0.25) is 0 Å². The molecule has 1 aromatic rings. The molecule has 2 amide bonds. The Kier molecular flexibility index (Phi) is 5.57. The lowest BCUT2D eigenvalue weighted by Gasteiger charge is -2.31. The molecule has 1 saturated heterocycles. The molecule has 0 atom stereocenters. The molecule has 0 aliphatic carbocycles. The molecule has 1 aromatic heterocycles. The van der Waals surface area contributed by atoms with Crippen molar-refractivity contribution in [3.8, 4) is 0 Å². The van der Waals surface area contributed by atoms with Crippen molar-refractivity contribution in [3.05, 3.63) is 23.9 Å². The summed E-state index contributed by atoms with van der Waals surface area (Å²) in [6.07, 6.45) is 2.73. The molecule has 2 N–H and O–H groups in total. The third-order valence-corrected chi connectivity index (χ3v) is 3.64. The van der Waals surface area contributed by atoms with E-state index in [0.717, 1.165) is 18.7 Å². The Morgan fingerprint density at radius 1 is 1.36 bits per heavy atom. The first-order valence-electron chi connectivity index (χ1n) is 7.50. The molecule has 22 heavy (non-hydrogen) atoms. The monoisotopic (exact) mass is 306 g/mol. The fourth-order valence-electron chi connectivity index (χ4n) is 2.37. The van der Waals surface area contributed by atoms with Crippen LogP contribution in [-0.4, -0.2) is 54.7 Å². The number of hydrogen-bond donors (Lipinski definition) is 2. The SMILES string of the molecule is CCOC(=O)N1CCC(NC(=O)c2ccc(NC)nc2)CC1. The molecule has 1 aliphatic rings. The minimum absolute atomic E-state index is 0.0714. The summed E-state index contributed by atoms with van der Waals surface area (Å²) < 4.78 is 4.97. The third-order valence-electron chi connectivity index (χ3n) is 3.64. The van der Waals surface area contributed by atoms with E-state index in [1.54, 1.807) is 37.2 Å². The van der Waals surface area contributed by atoms with Crippen molar-refractivity contribution in [1.29, 1.82) is 0 Å². The van der Waals surface area contributed by atoms with Crippen LogP contribution in [0, 0.1) is 0 Å². The number of hydrogen-bond acceptors (Lipinski definition) is 5. The van der Waals surface area contributed by atoms with Crippen LogP contribution < -0.4 is 10.6 Å². The summed E-state index contributed by atoms with van der Waals surface area (Å²) in [6.45, 7) is 3.37. The summed E-state index contributed by atoms with van der Waals surface area (Å²) >= 11 is 0. The molecule has 0 unspecified atom stereocenters. The Morgan fingerprint density at radius 3 is 2.64 bits per heavy atom. The van der Waals surface area contributed by atoms with Crippen molar-refractivity contribution in [2.24, 2.45) is 0 Å². The van der Waals surface area contributed by atoms with Gasteiger partial charge in [0.1, 0.15) is 5.82 Å². The molecular formula is C15H22N4O3. The number of anilines is 1. The van der Waals surface area contributed by atoms with E-state index in [1.165, 1.54) is 0 Å². The number of carbonyl (C=O) groups is 2. The summed E-state index contributed by atoms with van der Waals surface area (Å²) in [6, 6.07) is 3.57. The van der Waals surface area contributed by atoms with Gasteiger partial charge in [0, 0.05) is 32.4 Å². The van der Waals surface area contributed by atoms with Gasteiger partial charge < -0.3 is 20.3 Å².